The lowest BCUT2D eigenvalue weighted by atomic mass is 9.89. The largest absolute Gasteiger partial charge is 0.493 e. The molecule has 0 N–H and O–H groups in total. The van der Waals surface area contributed by atoms with E-state index >= 15 is 0 Å². The third-order valence-corrected chi connectivity index (χ3v) is 6.47. The minimum Gasteiger partial charge on any atom is -0.493 e. The summed E-state index contributed by atoms with van der Waals surface area (Å²) in [5.41, 5.74) is 3.15. The number of ether oxygens (including phenoxy) is 1. The van der Waals surface area contributed by atoms with Gasteiger partial charge in [-0.25, -0.2) is 0 Å². The number of hydrogen-bond donors (Lipinski definition) is 0. The third-order valence-electron chi connectivity index (χ3n) is 6.22. The zero-order chi connectivity index (χ0) is 25.1. The molecular formula is C29H31ClN2O3. The number of benzene rings is 3. The van der Waals surface area contributed by atoms with Gasteiger partial charge in [0.15, 0.2) is 0 Å². The summed E-state index contributed by atoms with van der Waals surface area (Å²) in [6.45, 7) is 8.43. The van der Waals surface area contributed by atoms with E-state index < -0.39 is 0 Å². The van der Waals surface area contributed by atoms with E-state index in [2.05, 4.69) is 13.8 Å². The Bertz CT molecular complexity index is 1190. The first-order chi connectivity index (χ1) is 16.8. The summed E-state index contributed by atoms with van der Waals surface area (Å²) in [6, 6.07) is 22.1. The highest BCUT2D eigenvalue weighted by atomic mass is 35.5. The number of halogens is 1. The summed E-state index contributed by atoms with van der Waals surface area (Å²) in [6.07, 6.45) is 0.612. The van der Waals surface area contributed by atoms with Crippen molar-refractivity contribution in [3.63, 3.8) is 0 Å². The monoisotopic (exact) mass is 490 g/mol. The van der Waals surface area contributed by atoms with Crippen LogP contribution in [-0.4, -0.2) is 24.5 Å². The van der Waals surface area contributed by atoms with Crippen molar-refractivity contribution in [3.8, 4) is 5.75 Å². The fourth-order valence-corrected chi connectivity index (χ4v) is 4.74. The van der Waals surface area contributed by atoms with Gasteiger partial charge in [0, 0.05) is 34.9 Å². The minimum atomic E-state index is -0.198. The quantitative estimate of drug-likeness (QED) is 0.377. The second kappa shape index (κ2) is 10.5. The van der Waals surface area contributed by atoms with Gasteiger partial charge in [0.05, 0.1) is 12.6 Å². The molecule has 0 unspecified atom stereocenters. The zero-order valence-corrected chi connectivity index (χ0v) is 21.3. The number of amides is 2. The van der Waals surface area contributed by atoms with Crippen molar-refractivity contribution >= 4 is 34.8 Å². The van der Waals surface area contributed by atoms with Crippen LogP contribution >= 0.6 is 11.6 Å². The van der Waals surface area contributed by atoms with Crippen molar-refractivity contribution < 1.29 is 14.3 Å². The summed E-state index contributed by atoms with van der Waals surface area (Å²) in [4.78, 5) is 30.1. The Labute approximate surface area is 212 Å². The van der Waals surface area contributed by atoms with Crippen molar-refractivity contribution in [2.75, 3.05) is 16.4 Å². The highest BCUT2D eigenvalue weighted by Gasteiger charge is 2.38. The normalized spacial score (nSPS) is 17.1. The van der Waals surface area contributed by atoms with E-state index in [9.17, 15) is 9.59 Å². The Balaban J connectivity index is 1.66. The predicted molar refractivity (Wildman–Crippen MR) is 141 cm³/mol. The number of rotatable bonds is 6. The Morgan fingerprint density at radius 1 is 1.03 bits per heavy atom. The summed E-state index contributed by atoms with van der Waals surface area (Å²) in [5.74, 6) is 1.05. The lowest BCUT2D eigenvalue weighted by molar-refractivity contribution is -0.117. The lowest BCUT2D eigenvalue weighted by Gasteiger charge is -2.43. The molecule has 1 heterocycles. The van der Waals surface area contributed by atoms with Crippen LogP contribution in [0.15, 0.2) is 72.8 Å². The molecule has 0 fully saturated rings. The molecule has 3 aromatic rings. The van der Waals surface area contributed by atoms with Crippen LogP contribution in [0.5, 0.6) is 5.75 Å². The van der Waals surface area contributed by atoms with E-state index in [1.165, 1.54) is 0 Å². The SMILES string of the molecule is CC(=O)N(c1ccc(Cl)cc1)[C@@H]1C[C@H](C)N(C(=O)c2ccc(OCC(C)C)cc2)c2ccccc21. The Kier molecular flexibility index (Phi) is 7.46. The van der Waals surface area contributed by atoms with Crippen molar-refractivity contribution in [2.24, 2.45) is 5.92 Å². The van der Waals surface area contributed by atoms with Crippen molar-refractivity contribution in [1.82, 2.24) is 0 Å². The van der Waals surface area contributed by atoms with E-state index in [0.717, 1.165) is 22.7 Å². The molecular weight excluding hydrogens is 460 g/mol. The second-order valence-electron chi connectivity index (χ2n) is 9.43. The summed E-state index contributed by atoms with van der Waals surface area (Å²) < 4.78 is 5.77. The Morgan fingerprint density at radius 2 is 1.69 bits per heavy atom. The third kappa shape index (κ3) is 5.35. The van der Waals surface area contributed by atoms with Gasteiger partial charge in [-0.3, -0.25) is 9.59 Å². The maximum atomic E-state index is 13.7. The summed E-state index contributed by atoms with van der Waals surface area (Å²) in [5, 5.41) is 0.618. The van der Waals surface area contributed by atoms with E-state index in [0.29, 0.717) is 29.5 Å². The molecule has 0 aromatic heterocycles. The van der Waals surface area contributed by atoms with Gasteiger partial charge in [-0.2, -0.15) is 0 Å². The molecule has 3 aromatic carbocycles. The highest BCUT2D eigenvalue weighted by Crippen LogP contribution is 2.42. The molecule has 5 nitrogen and oxygen atoms in total. The van der Waals surface area contributed by atoms with E-state index in [1.807, 2.05) is 72.5 Å². The molecule has 0 aliphatic carbocycles. The number of para-hydroxylation sites is 1. The molecule has 1 aliphatic rings. The van der Waals surface area contributed by atoms with Gasteiger partial charge in [-0.1, -0.05) is 43.6 Å². The maximum absolute atomic E-state index is 13.7. The van der Waals surface area contributed by atoms with Crippen LogP contribution in [0.3, 0.4) is 0 Å². The molecule has 2 amide bonds. The molecule has 0 saturated heterocycles. The standard InChI is InChI=1S/C29H31ClN2O3/c1-19(2)18-35-25-15-9-22(10-16-25)29(34)31-20(3)17-28(26-7-5-6-8-27(26)31)32(21(4)33)24-13-11-23(30)12-14-24/h5-16,19-20,28H,17-18H2,1-4H3/t20-,28+/m0/s1. The molecule has 6 heteroatoms. The van der Waals surface area contributed by atoms with E-state index in [-0.39, 0.29) is 23.9 Å². The first kappa shape index (κ1) is 24.8. The number of nitrogens with zero attached hydrogens (tertiary/aromatic N) is 2. The van der Waals surface area contributed by atoms with Crippen molar-refractivity contribution in [1.29, 1.82) is 0 Å². The summed E-state index contributed by atoms with van der Waals surface area (Å²) >= 11 is 6.08. The number of hydrogen-bond acceptors (Lipinski definition) is 3. The molecule has 182 valence electrons. The molecule has 4 rings (SSSR count). The summed E-state index contributed by atoms with van der Waals surface area (Å²) in [7, 11) is 0. The first-order valence-electron chi connectivity index (χ1n) is 12.0. The van der Waals surface area contributed by atoms with Gasteiger partial charge in [0.1, 0.15) is 5.75 Å². The molecule has 35 heavy (non-hydrogen) atoms. The fourth-order valence-electron chi connectivity index (χ4n) is 4.61. The van der Waals surface area contributed by atoms with Crippen LogP contribution in [0.25, 0.3) is 0 Å². The van der Waals surface area contributed by atoms with Crippen LogP contribution in [0, 0.1) is 5.92 Å². The number of carbonyl (C=O) groups excluding carboxylic acids is 2. The molecule has 1 aliphatic heterocycles. The molecule has 0 spiro atoms. The van der Waals surface area contributed by atoms with Gasteiger partial charge < -0.3 is 14.5 Å². The van der Waals surface area contributed by atoms with Crippen molar-refractivity contribution in [3.05, 3.63) is 88.9 Å². The topological polar surface area (TPSA) is 49.9 Å². The van der Waals surface area contributed by atoms with Crippen LogP contribution in [0.4, 0.5) is 11.4 Å². The van der Waals surface area contributed by atoms with Gasteiger partial charge in [0.25, 0.3) is 5.91 Å². The smallest absolute Gasteiger partial charge is 0.258 e. The molecule has 0 bridgehead atoms. The van der Waals surface area contributed by atoms with Crippen LogP contribution in [0.1, 0.15) is 56.1 Å². The lowest BCUT2D eigenvalue weighted by Crippen LogP contribution is -2.47. The number of anilines is 2. The molecule has 2 atom stereocenters. The van der Waals surface area contributed by atoms with E-state index in [1.54, 1.807) is 24.0 Å². The Hall–Kier alpha value is -3.31. The number of carbonyl (C=O) groups is 2. The average molecular weight is 491 g/mol. The predicted octanol–water partition coefficient (Wildman–Crippen LogP) is 6.91. The van der Waals surface area contributed by atoms with Crippen LogP contribution in [-0.2, 0) is 4.79 Å². The van der Waals surface area contributed by atoms with Crippen LogP contribution < -0.4 is 14.5 Å². The number of fused-ring (bicyclic) bond motifs is 1. The highest BCUT2D eigenvalue weighted by molar-refractivity contribution is 6.30. The van der Waals surface area contributed by atoms with Gasteiger partial charge in [0.2, 0.25) is 5.91 Å². The second-order valence-corrected chi connectivity index (χ2v) is 9.87. The fraction of sp³-hybridized carbons (Fsp3) is 0.310. The zero-order valence-electron chi connectivity index (χ0n) is 20.6. The van der Waals surface area contributed by atoms with Crippen molar-refractivity contribution in [2.45, 2.75) is 46.2 Å². The van der Waals surface area contributed by atoms with Gasteiger partial charge in [-0.15, -0.1) is 0 Å². The minimum absolute atomic E-state index is 0.0592. The molecule has 0 radical (unpaired) electrons. The molecule has 0 saturated carbocycles. The first-order valence-corrected chi connectivity index (χ1v) is 12.3. The van der Waals surface area contributed by atoms with Gasteiger partial charge >= 0.3 is 0 Å². The van der Waals surface area contributed by atoms with Crippen LogP contribution in [0.2, 0.25) is 5.02 Å². The van der Waals surface area contributed by atoms with Gasteiger partial charge in [-0.05, 0) is 79.4 Å². The van der Waals surface area contributed by atoms with E-state index in [4.69, 9.17) is 16.3 Å². The maximum Gasteiger partial charge on any atom is 0.258 e. The average Bonchev–Trinajstić information content (AvgIpc) is 2.84. The Morgan fingerprint density at radius 3 is 2.31 bits per heavy atom.